The summed E-state index contributed by atoms with van der Waals surface area (Å²) in [5, 5.41) is 179. The average Bonchev–Trinajstić information content (AvgIpc) is 2.83. The SMILES string of the molecule is CC(C)O.CC(C)O.CC(C)O.CC(C)O.CC(C)O.CC(C)O.CC(C)O.CC(C)O.CC(C)O.CC(O)O.CC(O)O.CC(O)O.CC(O)O.CC(O)O.CC(O)O.CC(O)O.O.O.O.O.O.O.O.O.O.O.[Pb].[Pb].[Pb].[Zr].[Zr].[Zr].[Zr].[Zr].[Zr].[Zr]. The van der Waals surface area contributed by atoms with Crippen molar-refractivity contribution in [3.63, 3.8) is 0 Å². The molecule has 0 aromatic rings. The van der Waals surface area contributed by atoms with Gasteiger partial charge in [-0.2, -0.15) is 0 Å². The molecule has 0 saturated heterocycles. The maximum absolute atomic E-state index is 8.06. The van der Waals surface area contributed by atoms with E-state index in [9.17, 15) is 0 Å². The van der Waals surface area contributed by atoms with Gasteiger partial charge in [-0.15, -0.1) is 0 Å². The van der Waals surface area contributed by atoms with E-state index in [1.54, 1.807) is 125 Å². The van der Waals surface area contributed by atoms with E-state index in [1.165, 1.54) is 48.5 Å². The third-order valence-electron chi connectivity index (χ3n) is 0. The van der Waals surface area contributed by atoms with Crippen LogP contribution in [0.1, 0.15) is 173 Å². The van der Waals surface area contributed by atoms with Gasteiger partial charge in [0.2, 0.25) is 0 Å². The first-order valence-corrected chi connectivity index (χ1v) is 20.4. The zero-order valence-corrected chi connectivity index (χ0v) is 83.4. The summed E-state index contributed by atoms with van der Waals surface area (Å²) in [5.41, 5.74) is 0. The molecule has 43 N–H and O–H groups in total. The molecular weight excluding hydrogens is 2280 g/mol. The van der Waals surface area contributed by atoms with E-state index >= 15 is 0 Å². The van der Waals surface area contributed by atoms with Crippen molar-refractivity contribution in [2.75, 3.05) is 0 Å². The van der Waals surface area contributed by atoms with Gasteiger partial charge in [-0.25, -0.2) is 0 Å². The second-order valence-corrected chi connectivity index (χ2v) is 14.3. The van der Waals surface area contributed by atoms with Gasteiger partial charge in [-0.3, -0.25) is 0 Å². The first-order chi connectivity index (χ1) is 27.7. The Bertz CT molecular complexity index is 395. The molecule has 33 nitrogen and oxygen atoms in total. The van der Waals surface area contributed by atoms with Gasteiger partial charge in [-0.1, -0.05) is 0 Å². The fourth-order valence-corrected chi connectivity index (χ4v) is 0. The molecule has 0 aliphatic heterocycles. The Balaban J connectivity index is -0.00000000847. The summed E-state index contributed by atoms with van der Waals surface area (Å²) in [6, 6.07) is 0. The number of rotatable bonds is 0. The van der Waals surface area contributed by atoms with Gasteiger partial charge >= 0.3 is 0 Å². The van der Waals surface area contributed by atoms with Crippen molar-refractivity contribution in [3.8, 4) is 0 Å². The van der Waals surface area contributed by atoms with Crippen LogP contribution in [-0.4, -0.2) is 353 Å². The van der Waals surface area contributed by atoms with Gasteiger partial charge in [0.1, 0.15) is 44.0 Å². The summed E-state index contributed by atoms with van der Waals surface area (Å²) in [7, 11) is 0. The van der Waals surface area contributed by atoms with Crippen LogP contribution in [0, 0.1) is 0 Å². The minimum Gasteiger partial charge on any atom is -0.412 e. The second kappa shape index (κ2) is 235. The topological polar surface area (TPSA) is 780 Å². The molecular formula is C41H134O33Pb3Zr7. The van der Waals surface area contributed by atoms with Crippen molar-refractivity contribution in [1.29, 1.82) is 0 Å². The van der Waals surface area contributed by atoms with Crippen molar-refractivity contribution < 1.29 is 356 Å². The van der Waals surface area contributed by atoms with E-state index in [1.807, 2.05) is 0 Å². The van der Waals surface area contributed by atoms with Gasteiger partial charge in [-0.05, 0) is 173 Å². The monoisotopic (exact) mass is 2410 g/mol. The van der Waals surface area contributed by atoms with Crippen LogP contribution in [0.4, 0.5) is 0 Å². The second-order valence-electron chi connectivity index (χ2n) is 14.3. The molecule has 0 heterocycles. The molecule has 0 amide bonds. The molecule has 0 aromatic carbocycles. The Labute approximate surface area is 699 Å². The summed E-state index contributed by atoms with van der Waals surface area (Å²) in [6.45, 7) is 39.9. The van der Waals surface area contributed by atoms with E-state index in [0.717, 1.165) is 0 Å². The first kappa shape index (κ1) is 243. The minimum absolute atomic E-state index is 0. The van der Waals surface area contributed by atoms with Crippen LogP contribution < -0.4 is 0 Å². The van der Waals surface area contributed by atoms with Crippen LogP contribution in [0.2, 0.25) is 0 Å². The molecule has 0 spiro atoms. The predicted octanol–water partition coefficient (Wildman–Crippen LogP) is -10.7. The quantitative estimate of drug-likeness (QED) is 0.0791. The zero-order chi connectivity index (χ0) is 57.2. The fourth-order valence-electron chi connectivity index (χ4n) is 0. The molecule has 43 heteroatoms. The van der Waals surface area contributed by atoms with Crippen LogP contribution in [0.5, 0.6) is 0 Å². The largest absolute Gasteiger partial charge is 0.412 e. The zero-order valence-electron chi connectivity index (χ0n) is 54.5. The van der Waals surface area contributed by atoms with E-state index in [0.29, 0.717) is 0 Å². The predicted molar refractivity (Wildman–Crippen MR) is 307 cm³/mol. The smallest absolute Gasteiger partial charge is 0.148 e. The Morgan fingerprint density at radius 2 is 0.119 bits per heavy atom. The van der Waals surface area contributed by atoms with Crippen LogP contribution in [0.3, 0.4) is 0 Å². The molecule has 12 radical (unpaired) electrons. The van der Waals surface area contributed by atoms with Crippen molar-refractivity contribution in [1.82, 2.24) is 0 Å². The maximum atomic E-state index is 8.06. The molecule has 0 aromatic heterocycles. The summed E-state index contributed by atoms with van der Waals surface area (Å²) in [5.74, 6) is 0. The molecule has 0 bridgehead atoms. The van der Waals surface area contributed by atoms with Gasteiger partial charge < -0.3 is 172 Å². The first-order valence-electron chi connectivity index (χ1n) is 20.4. The molecule has 0 fully saturated rings. The third-order valence-corrected chi connectivity index (χ3v) is 0. The van der Waals surface area contributed by atoms with Gasteiger partial charge in [0.25, 0.3) is 0 Å². The van der Waals surface area contributed by atoms with Crippen molar-refractivity contribution in [2.24, 2.45) is 0 Å². The number of aliphatic hydroxyl groups is 23. The summed E-state index contributed by atoms with van der Waals surface area (Å²) < 4.78 is 0. The molecule has 0 atom stereocenters. The normalized spacial score (nSPS) is 6.86. The number of aliphatic hydroxyl groups excluding tert-OH is 16. The summed E-state index contributed by atoms with van der Waals surface area (Å²) >= 11 is 0. The molecule has 0 aliphatic rings. The average molecular weight is 2420 g/mol. The van der Waals surface area contributed by atoms with Gasteiger partial charge in [0.05, 0.1) is 0 Å². The van der Waals surface area contributed by atoms with Crippen LogP contribution in [0.25, 0.3) is 0 Å². The van der Waals surface area contributed by atoms with Gasteiger partial charge in [0, 0.05) is 320 Å². The third kappa shape index (κ3) is 12100. The van der Waals surface area contributed by atoms with Crippen molar-refractivity contribution in [3.05, 3.63) is 0 Å². The fraction of sp³-hybridized carbons (Fsp3) is 1.00. The molecule has 0 unspecified atom stereocenters. The van der Waals surface area contributed by atoms with Crippen LogP contribution >= 0.6 is 0 Å². The Morgan fingerprint density at radius 1 is 0.119 bits per heavy atom. The number of hydrogen-bond donors (Lipinski definition) is 23. The standard InChI is InChI=1S/9C3H8O.7C2H6O2.10H2O.3Pb.7Zr/c9*1-3(2)4;7*1-2(3)4;;;;;;;;;;;;;;;;;;;;/h9*3-4H,1-2H3;7*2-4H,1H3;10*1H2;;;;;;;;;;. The molecule has 0 saturated carbocycles. The molecule has 84 heavy (non-hydrogen) atoms. The molecule has 0 aliphatic carbocycles. The Morgan fingerprint density at radius 3 is 0.119 bits per heavy atom. The summed E-state index contributed by atoms with van der Waals surface area (Å²) in [6.07, 6.45) is -9.67. The van der Waals surface area contributed by atoms with E-state index < -0.39 is 44.0 Å². The summed E-state index contributed by atoms with van der Waals surface area (Å²) in [4.78, 5) is 0. The molecule has 536 valence electrons. The van der Waals surface area contributed by atoms with E-state index in [2.05, 4.69) is 0 Å². The minimum atomic E-state index is -1.17. The van der Waals surface area contributed by atoms with Gasteiger partial charge in [0.15, 0.2) is 0 Å². The number of hydrogen-bond acceptors (Lipinski definition) is 23. The van der Waals surface area contributed by atoms with Crippen molar-refractivity contribution >= 4 is 81.9 Å². The van der Waals surface area contributed by atoms with E-state index in [4.69, 9.17) is 117 Å². The maximum Gasteiger partial charge on any atom is 0.148 e. The Hall–Kier alpha value is 7.63. The Kier molecular flexibility index (Phi) is 681. The van der Waals surface area contributed by atoms with Crippen LogP contribution in [-0.2, 0) is 183 Å². The van der Waals surface area contributed by atoms with Crippen molar-refractivity contribution in [2.45, 2.75) is 272 Å². The van der Waals surface area contributed by atoms with E-state index in [-0.39, 0.29) is 375 Å². The van der Waals surface area contributed by atoms with Crippen LogP contribution in [0.15, 0.2) is 0 Å². The molecule has 0 rings (SSSR count).